The molecule has 0 aliphatic rings. The minimum absolute atomic E-state index is 0.0221. The molecular weight excluding hydrogens is 396 g/mol. The molecule has 0 saturated heterocycles. The first-order valence-corrected chi connectivity index (χ1v) is 10.4. The van der Waals surface area contributed by atoms with E-state index in [2.05, 4.69) is 27.5 Å². The van der Waals surface area contributed by atoms with E-state index in [1.807, 2.05) is 68.2 Å². The van der Waals surface area contributed by atoms with Crippen LogP contribution in [-0.4, -0.2) is 27.2 Å². The number of hydrogen-bond acceptors (Lipinski definition) is 2. The average Bonchev–Trinajstić information content (AvgIpc) is 3.26. The molecule has 6 heteroatoms. The van der Waals surface area contributed by atoms with Gasteiger partial charge in [-0.15, -0.1) is 0 Å². The molecule has 0 radical (unpaired) electrons. The highest BCUT2D eigenvalue weighted by atomic mass is 35.5. The molecule has 30 heavy (non-hydrogen) atoms. The van der Waals surface area contributed by atoms with Crippen molar-refractivity contribution in [2.75, 3.05) is 6.54 Å². The van der Waals surface area contributed by atoms with Crippen molar-refractivity contribution in [2.45, 2.75) is 26.2 Å². The highest BCUT2D eigenvalue weighted by Gasteiger charge is 2.22. The molecular formula is C24H25ClN4O. The number of aromatic nitrogens is 3. The molecule has 2 aromatic heterocycles. The molecule has 0 fully saturated rings. The second-order valence-electron chi connectivity index (χ2n) is 7.62. The summed E-state index contributed by atoms with van der Waals surface area (Å²) in [6.45, 7) is 4.39. The maximum atomic E-state index is 12.8. The van der Waals surface area contributed by atoms with Gasteiger partial charge in [0.1, 0.15) is 0 Å². The average molecular weight is 421 g/mol. The lowest BCUT2D eigenvalue weighted by Gasteiger charge is -2.19. The van der Waals surface area contributed by atoms with Crippen molar-refractivity contribution in [1.29, 1.82) is 0 Å². The number of amides is 1. The molecule has 2 heterocycles. The van der Waals surface area contributed by atoms with Crippen molar-refractivity contribution in [3.8, 4) is 0 Å². The molecule has 4 rings (SSSR count). The lowest BCUT2D eigenvalue weighted by Crippen LogP contribution is -2.30. The fraction of sp³-hybridized carbons (Fsp3) is 0.250. The summed E-state index contributed by atoms with van der Waals surface area (Å²) in [5.41, 5.74) is 6.07. The number of nitrogens with zero attached hydrogens (tertiary/aromatic N) is 2. The van der Waals surface area contributed by atoms with Crippen LogP contribution in [0, 0.1) is 13.8 Å². The molecule has 4 aromatic rings. The molecule has 2 N–H and O–H groups in total. The highest BCUT2D eigenvalue weighted by Crippen LogP contribution is 2.34. The molecule has 154 valence electrons. The summed E-state index contributed by atoms with van der Waals surface area (Å²) in [5.74, 6) is -0.0824. The summed E-state index contributed by atoms with van der Waals surface area (Å²) in [6, 6.07) is 16.0. The van der Waals surface area contributed by atoms with Crippen LogP contribution in [0.2, 0.25) is 5.02 Å². The summed E-state index contributed by atoms with van der Waals surface area (Å²) in [5, 5.41) is 9.36. The third-order valence-corrected chi connectivity index (χ3v) is 6.12. The number of carbonyl (C=O) groups excluding carboxylic acids is 1. The van der Waals surface area contributed by atoms with E-state index in [0.29, 0.717) is 18.0 Å². The predicted molar refractivity (Wildman–Crippen MR) is 121 cm³/mol. The first-order chi connectivity index (χ1) is 14.5. The molecule has 2 aromatic carbocycles. The van der Waals surface area contributed by atoms with Crippen molar-refractivity contribution < 1.29 is 4.79 Å². The van der Waals surface area contributed by atoms with Gasteiger partial charge in [-0.05, 0) is 37.1 Å². The van der Waals surface area contributed by atoms with E-state index in [0.717, 1.165) is 39.0 Å². The Kier molecular flexibility index (Phi) is 5.64. The Morgan fingerprint density at radius 3 is 2.60 bits per heavy atom. The van der Waals surface area contributed by atoms with Crippen LogP contribution in [0.15, 0.2) is 54.7 Å². The van der Waals surface area contributed by atoms with Crippen molar-refractivity contribution in [2.24, 2.45) is 7.05 Å². The number of H-pyrrole nitrogens is 1. The van der Waals surface area contributed by atoms with Crippen molar-refractivity contribution in [1.82, 2.24) is 20.1 Å². The van der Waals surface area contributed by atoms with Crippen molar-refractivity contribution in [3.05, 3.63) is 87.8 Å². The normalized spacial score (nSPS) is 12.3. The Morgan fingerprint density at radius 2 is 1.87 bits per heavy atom. The van der Waals surface area contributed by atoms with Crippen LogP contribution in [0.3, 0.4) is 0 Å². The van der Waals surface area contributed by atoms with Crippen molar-refractivity contribution in [3.63, 3.8) is 0 Å². The van der Waals surface area contributed by atoms with Gasteiger partial charge < -0.3 is 10.3 Å². The zero-order valence-electron chi connectivity index (χ0n) is 17.4. The SMILES string of the molecule is Cc1nn(C)c(C)c1CC(=O)NCC(c1ccccc1Cl)c1c[nH]c2ccccc12. The highest BCUT2D eigenvalue weighted by molar-refractivity contribution is 6.31. The molecule has 1 unspecified atom stereocenters. The van der Waals surface area contributed by atoms with Crippen LogP contribution < -0.4 is 5.32 Å². The van der Waals surface area contributed by atoms with Gasteiger partial charge in [0.2, 0.25) is 5.91 Å². The third kappa shape index (κ3) is 3.85. The number of hydrogen-bond donors (Lipinski definition) is 2. The second kappa shape index (κ2) is 8.36. The molecule has 1 amide bonds. The Morgan fingerprint density at radius 1 is 1.13 bits per heavy atom. The van der Waals surface area contributed by atoms with Gasteiger partial charge in [0.05, 0.1) is 12.1 Å². The summed E-state index contributed by atoms with van der Waals surface area (Å²) in [7, 11) is 1.90. The maximum absolute atomic E-state index is 12.8. The van der Waals surface area contributed by atoms with Gasteiger partial charge in [-0.3, -0.25) is 9.48 Å². The largest absolute Gasteiger partial charge is 0.361 e. The molecule has 0 bridgehead atoms. The second-order valence-corrected chi connectivity index (χ2v) is 8.02. The van der Waals surface area contributed by atoms with Crippen LogP contribution in [0.25, 0.3) is 10.9 Å². The quantitative estimate of drug-likeness (QED) is 0.476. The summed E-state index contributed by atoms with van der Waals surface area (Å²) >= 11 is 6.54. The van der Waals surface area contributed by atoms with Gasteiger partial charge in [0, 0.05) is 52.9 Å². The molecule has 0 saturated carbocycles. The fourth-order valence-corrected chi connectivity index (χ4v) is 4.31. The van der Waals surface area contributed by atoms with Gasteiger partial charge in [0.25, 0.3) is 0 Å². The maximum Gasteiger partial charge on any atom is 0.224 e. The van der Waals surface area contributed by atoms with Gasteiger partial charge in [-0.2, -0.15) is 5.10 Å². The third-order valence-electron chi connectivity index (χ3n) is 5.78. The van der Waals surface area contributed by atoms with E-state index in [1.165, 1.54) is 0 Å². The number of para-hydroxylation sites is 1. The number of halogens is 1. The summed E-state index contributed by atoms with van der Waals surface area (Å²) < 4.78 is 1.82. The minimum Gasteiger partial charge on any atom is -0.361 e. The molecule has 0 spiro atoms. The van der Waals surface area contributed by atoms with E-state index in [1.54, 1.807) is 0 Å². The summed E-state index contributed by atoms with van der Waals surface area (Å²) in [4.78, 5) is 16.1. The minimum atomic E-state index is -0.0603. The number of nitrogens with one attached hydrogen (secondary N) is 2. The fourth-order valence-electron chi connectivity index (χ4n) is 4.04. The number of aryl methyl sites for hydroxylation is 2. The van der Waals surface area contributed by atoms with E-state index < -0.39 is 0 Å². The lowest BCUT2D eigenvalue weighted by molar-refractivity contribution is -0.120. The van der Waals surface area contributed by atoms with E-state index in [-0.39, 0.29) is 11.8 Å². The first-order valence-electron chi connectivity index (χ1n) is 10.0. The first kappa shape index (κ1) is 20.2. The Bertz CT molecular complexity index is 1210. The number of carbonyl (C=O) groups is 1. The zero-order chi connectivity index (χ0) is 21.3. The smallest absolute Gasteiger partial charge is 0.224 e. The molecule has 0 aliphatic heterocycles. The lowest BCUT2D eigenvalue weighted by atomic mass is 9.90. The number of rotatable bonds is 6. The van der Waals surface area contributed by atoms with Crippen LogP contribution >= 0.6 is 11.6 Å². The monoisotopic (exact) mass is 420 g/mol. The Labute approximate surface area is 181 Å². The molecule has 5 nitrogen and oxygen atoms in total. The van der Waals surface area contributed by atoms with Crippen LogP contribution in [0.1, 0.15) is 34.0 Å². The van der Waals surface area contributed by atoms with Crippen LogP contribution in [0.5, 0.6) is 0 Å². The van der Waals surface area contributed by atoms with E-state index in [9.17, 15) is 4.79 Å². The van der Waals surface area contributed by atoms with Crippen LogP contribution in [0.4, 0.5) is 0 Å². The number of benzene rings is 2. The standard InChI is InChI=1S/C24H25ClN4O/c1-15-19(16(2)29(3)28-15)12-24(30)27-14-20(17-8-4-6-10-22(17)25)21-13-26-23-11-7-5-9-18(21)23/h4-11,13,20,26H,12,14H2,1-3H3,(H,27,30). The number of fused-ring (bicyclic) bond motifs is 1. The number of aromatic amines is 1. The van der Waals surface area contributed by atoms with E-state index >= 15 is 0 Å². The van der Waals surface area contributed by atoms with Crippen molar-refractivity contribution >= 4 is 28.4 Å². The Hall–Kier alpha value is -3.05. The predicted octanol–water partition coefficient (Wildman–Crippen LogP) is 4.66. The van der Waals surface area contributed by atoms with Gasteiger partial charge >= 0.3 is 0 Å². The van der Waals surface area contributed by atoms with Gasteiger partial charge in [0.15, 0.2) is 0 Å². The topological polar surface area (TPSA) is 62.7 Å². The zero-order valence-corrected chi connectivity index (χ0v) is 18.1. The summed E-state index contributed by atoms with van der Waals surface area (Å²) in [6.07, 6.45) is 2.33. The van der Waals surface area contributed by atoms with Gasteiger partial charge in [-0.25, -0.2) is 0 Å². The van der Waals surface area contributed by atoms with E-state index in [4.69, 9.17) is 11.6 Å². The Balaban J connectivity index is 1.61. The molecule has 1 atom stereocenters. The van der Waals surface area contributed by atoms with Crippen LogP contribution in [-0.2, 0) is 18.3 Å². The molecule has 0 aliphatic carbocycles. The van der Waals surface area contributed by atoms with Gasteiger partial charge in [-0.1, -0.05) is 48.0 Å².